The fraction of sp³-hybridized carbons (Fsp3) is 0.350. The summed E-state index contributed by atoms with van der Waals surface area (Å²) in [5, 5.41) is 12.7. The van der Waals surface area contributed by atoms with Crippen molar-refractivity contribution >= 4 is 21.7 Å². The van der Waals surface area contributed by atoms with Crippen molar-refractivity contribution in [3.05, 3.63) is 58.4 Å². The molecular weight excluding hydrogens is 302 g/mol. The summed E-state index contributed by atoms with van der Waals surface area (Å²) in [6.07, 6.45) is 2.17. The summed E-state index contributed by atoms with van der Waals surface area (Å²) in [5.74, 6) is 0.335. The Bertz CT molecular complexity index is 931. The van der Waals surface area contributed by atoms with Crippen molar-refractivity contribution < 1.29 is 9.52 Å². The quantitative estimate of drug-likeness (QED) is 0.594. The van der Waals surface area contributed by atoms with Crippen LogP contribution in [0.15, 0.2) is 51.7 Å². The zero-order valence-electron chi connectivity index (χ0n) is 13.6. The third-order valence-electron chi connectivity index (χ3n) is 4.97. The van der Waals surface area contributed by atoms with Gasteiger partial charge >= 0.3 is 5.63 Å². The maximum absolute atomic E-state index is 12.0. The lowest BCUT2D eigenvalue weighted by atomic mass is 9.97. The Morgan fingerprint density at radius 2 is 2.08 bits per heavy atom. The van der Waals surface area contributed by atoms with E-state index < -0.39 is 0 Å². The van der Waals surface area contributed by atoms with Crippen LogP contribution in [0.2, 0.25) is 0 Å². The molecule has 4 nitrogen and oxygen atoms in total. The van der Waals surface area contributed by atoms with Gasteiger partial charge in [0, 0.05) is 31.1 Å². The summed E-state index contributed by atoms with van der Waals surface area (Å²) in [7, 11) is 0. The Balaban J connectivity index is 1.81. The first-order valence-electron chi connectivity index (χ1n) is 8.52. The van der Waals surface area contributed by atoms with Crippen molar-refractivity contribution in [2.24, 2.45) is 5.92 Å². The molecule has 1 aliphatic rings. The molecule has 4 rings (SSSR count). The second kappa shape index (κ2) is 6.38. The molecule has 1 aromatic heterocycles. The summed E-state index contributed by atoms with van der Waals surface area (Å²) in [4.78, 5) is 14.3. The lowest BCUT2D eigenvalue weighted by Gasteiger charge is -2.32. The SMILES string of the molecule is O=c1cc(CN2CCC[C@@H](CO)C2)c2c(ccc3ccccc32)o1. The summed E-state index contributed by atoms with van der Waals surface area (Å²) in [6, 6.07) is 13.7. The highest BCUT2D eigenvalue weighted by molar-refractivity contribution is 6.07. The van der Waals surface area contributed by atoms with Gasteiger partial charge in [-0.25, -0.2) is 4.79 Å². The van der Waals surface area contributed by atoms with Crippen LogP contribution in [0.1, 0.15) is 18.4 Å². The number of likely N-dealkylation sites (tertiary alicyclic amines) is 1. The molecule has 1 fully saturated rings. The van der Waals surface area contributed by atoms with Crippen LogP contribution < -0.4 is 5.63 Å². The molecule has 1 aliphatic heterocycles. The Morgan fingerprint density at radius 3 is 2.96 bits per heavy atom. The molecule has 0 unspecified atom stereocenters. The monoisotopic (exact) mass is 323 g/mol. The predicted molar refractivity (Wildman–Crippen MR) is 95.1 cm³/mol. The van der Waals surface area contributed by atoms with Crippen molar-refractivity contribution in [1.29, 1.82) is 0 Å². The van der Waals surface area contributed by atoms with Crippen LogP contribution in [-0.4, -0.2) is 29.7 Å². The number of aliphatic hydroxyl groups is 1. The molecule has 0 saturated carbocycles. The van der Waals surface area contributed by atoms with Gasteiger partial charge in [0.2, 0.25) is 0 Å². The maximum atomic E-state index is 12.0. The second-order valence-electron chi connectivity index (χ2n) is 6.68. The molecule has 3 aromatic rings. The number of piperidine rings is 1. The standard InChI is InChI=1S/C20H21NO3/c22-13-14-4-3-9-21(11-14)12-16-10-19(23)24-18-8-7-15-5-1-2-6-17(15)20(16)18/h1-2,5-8,10,14,22H,3-4,9,11-13H2/t14-/m1/s1. The largest absolute Gasteiger partial charge is 0.423 e. The first-order chi connectivity index (χ1) is 11.7. The lowest BCUT2D eigenvalue weighted by molar-refractivity contribution is 0.116. The van der Waals surface area contributed by atoms with E-state index in [0.29, 0.717) is 18.0 Å². The normalized spacial score (nSPS) is 19.1. The molecule has 0 amide bonds. The van der Waals surface area contributed by atoms with E-state index in [1.807, 2.05) is 24.3 Å². The number of aliphatic hydroxyl groups excluding tert-OH is 1. The molecule has 1 saturated heterocycles. The molecule has 1 atom stereocenters. The van der Waals surface area contributed by atoms with Crippen LogP contribution in [0.4, 0.5) is 0 Å². The molecule has 24 heavy (non-hydrogen) atoms. The van der Waals surface area contributed by atoms with Crippen LogP contribution in [0, 0.1) is 5.92 Å². The Morgan fingerprint density at radius 1 is 1.21 bits per heavy atom. The van der Waals surface area contributed by atoms with Gasteiger partial charge in [0.1, 0.15) is 5.58 Å². The predicted octanol–water partition coefficient (Wildman–Crippen LogP) is 3.15. The summed E-state index contributed by atoms with van der Waals surface area (Å²) >= 11 is 0. The third kappa shape index (κ3) is 2.83. The highest BCUT2D eigenvalue weighted by atomic mass is 16.4. The van der Waals surface area contributed by atoms with Gasteiger partial charge in [-0.2, -0.15) is 0 Å². The molecule has 2 aromatic carbocycles. The smallest absolute Gasteiger partial charge is 0.336 e. The Kier molecular flexibility index (Phi) is 4.08. The second-order valence-corrected chi connectivity index (χ2v) is 6.68. The van der Waals surface area contributed by atoms with Gasteiger partial charge in [-0.3, -0.25) is 4.90 Å². The number of rotatable bonds is 3. The Labute approximate surface area is 140 Å². The van der Waals surface area contributed by atoms with Gasteiger partial charge in [-0.1, -0.05) is 30.3 Å². The van der Waals surface area contributed by atoms with Crippen molar-refractivity contribution in [2.45, 2.75) is 19.4 Å². The number of nitrogens with zero attached hydrogens (tertiary/aromatic N) is 1. The van der Waals surface area contributed by atoms with E-state index in [1.54, 1.807) is 6.07 Å². The van der Waals surface area contributed by atoms with Crippen LogP contribution in [0.5, 0.6) is 0 Å². The van der Waals surface area contributed by atoms with Crippen molar-refractivity contribution in [3.8, 4) is 0 Å². The molecule has 2 heterocycles. The highest BCUT2D eigenvalue weighted by Gasteiger charge is 2.20. The van der Waals surface area contributed by atoms with E-state index in [2.05, 4.69) is 17.0 Å². The highest BCUT2D eigenvalue weighted by Crippen LogP contribution is 2.29. The topological polar surface area (TPSA) is 53.7 Å². The van der Waals surface area contributed by atoms with Crippen molar-refractivity contribution in [2.75, 3.05) is 19.7 Å². The minimum Gasteiger partial charge on any atom is -0.423 e. The third-order valence-corrected chi connectivity index (χ3v) is 4.97. The molecule has 4 heteroatoms. The first-order valence-corrected chi connectivity index (χ1v) is 8.52. The minimum absolute atomic E-state index is 0.233. The van der Waals surface area contributed by atoms with Crippen LogP contribution >= 0.6 is 0 Å². The van der Waals surface area contributed by atoms with Gasteiger partial charge in [-0.05, 0) is 47.7 Å². The van der Waals surface area contributed by atoms with E-state index in [9.17, 15) is 9.90 Å². The number of fused-ring (bicyclic) bond motifs is 3. The van der Waals surface area contributed by atoms with E-state index >= 15 is 0 Å². The van der Waals surface area contributed by atoms with Crippen LogP contribution in [0.25, 0.3) is 21.7 Å². The van der Waals surface area contributed by atoms with Gasteiger partial charge in [-0.15, -0.1) is 0 Å². The minimum atomic E-state index is -0.302. The molecular formula is C20H21NO3. The van der Waals surface area contributed by atoms with E-state index in [1.165, 1.54) is 0 Å². The van der Waals surface area contributed by atoms with E-state index in [-0.39, 0.29) is 12.2 Å². The molecule has 0 spiro atoms. The van der Waals surface area contributed by atoms with Gasteiger partial charge < -0.3 is 9.52 Å². The van der Waals surface area contributed by atoms with Gasteiger partial charge in [0.15, 0.2) is 0 Å². The number of benzene rings is 2. The zero-order valence-corrected chi connectivity index (χ0v) is 13.6. The lowest BCUT2D eigenvalue weighted by Crippen LogP contribution is -2.36. The zero-order chi connectivity index (χ0) is 16.5. The molecule has 0 bridgehead atoms. The average Bonchev–Trinajstić information content (AvgIpc) is 2.61. The maximum Gasteiger partial charge on any atom is 0.336 e. The molecule has 1 N–H and O–H groups in total. The van der Waals surface area contributed by atoms with Crippen LogP contribution in [-0.2, 0) is 6.54 Å². The summed E-state index contributed by atoms with van der Waals surface area (Å²) in [6.45, 7) is 2.83. The fourth-order valence-electron chi connectivity index (χ4n) is 3.83. The Hall–Kier alpha value is -2.17. The number of hydrogen-bond donors (Lipinski definition) is 1. The molecule has 0 radical (unpaired) electrons. The van der Waals surface area contributed by atoms with Gasteiger partial charge in [0.25, 0.3) is 0 Å². The van der Waals surface area contributed by atoms with Crippen molar-refractivity contribution in [1.82, 2.24) is 4.90 Å². The first kappa shape index (κ1) is 15.4. The summed E-state index contributed by atoms with van der Waals surface area (Å²) < 4.78 is 5.43. The fourth-order valence-corrected chi connectivity index (χ4v) is 3.83. The summed E-state index contributed by atoms with van der Waals surface area (Å²) in [5.41, 5.74) is 1.35. The van der Waals surface area contributed by atoms with E-state index in [4.69, 9.17) is 4.42 Å². The van der Waals surface area contributed by atoms with Crippen molar-refractivity contribution in [3.63, 3.8) is 0 Å². The number of hydrogen-bond acceptors (Lipinski definition) is 4. The molecule has 124 valence electrons. The molecule has 0 aliphatic carbocycles. The average molecular weight is 323 g/mol. The van der Waals surface area contributed by atoms with Gasteiger partial charge in [0.05, 0.1) is 0 Å². The van der Waals surface area contributed by atoms with Crippen LogP contribution in [0.3, 0.4) is 0 Å². The van der Waals surface area contributed by atoms with E-state index in [0.717, 1.165) is 47.7 Å².